The molecule has 1 amide bonds. The van der Waals surface area contributed by atoms with Gasteiger partial charge in [-0.15, -0.1) is 11.8 Å². The van der Waals surface area contributed by atoms with E-state index in [1.807, 2.05) is 0 Å². The molecule has 0 aromatic heterocycles. The third-order valence-electron chi connectivity index (χ3n) is 3.48. The Morgan fingerprint density at radius 1 is 0.920 bits per heavy atom. The summed E-state index contributed by atoms with van der Waals surface area (Å²) in [7, 11) is 0. The molecule has 9 heteroatoms. The first kappa shape index (κ1) is 17.4. The highest BCUT2D eigenvalue weighted by atomic mass is 32.2. The molecule has 0 saturated carbocycles. The minimum Gasteiger partial charge on any atom is -0.271 e. The lowest BCUT2D eigenvalue weighted by atomic mass is 10.2. The van der Waals surface area contributed by atoms with Gasteiger partial charge in [-0.25, -0.2) is 22.0 Å². The van der Waals surface area contributed by atoms with E-state index in [-0.39, 0.29) is 17.5 Å². The van der Waals surface area contributed by atoms with Crippen molar-refractivity contribution in [1.82, 2.24) is 0 Å². The van der Waals surface area contributed by atoms with E-state index in [4.69, 9.17) is 0 Å². The summed E-state index contributed by atoms with van der Waals surface area (Å²) in [4.78, 5) is 11.4. The van der Waals surface area contributed by atoms with Gasteiger partial charge in [-0.05, 0) is 19.1 Å². The van der Waals surface area contributed by atoms with Crippen LogP contribution in [0.25, 0.3) is 0 Å². The smallest absolute Gasteiger partial charge is 0.266 e. The van der Waals surface area contributed by atoms with Crippen LogP contribution >= 0.6 is 11.8 Å². The molecule has 1 aliphatic heterocycles. The number of rotatable bonds is 3. The van der Waals surface area contributed by atoms with Crippen LogP contribution in [0.2, 0.25) is 0 Å². The van der Waals surface area contributed by atoms with Crippen molar-refractivity contribution in [3.8, 4) is 0 Å². The number of hydrogen-bond acceptors (Lipinski definition) is 3. The molecule has 0 bridgehead atoms. The average molecular weight is 372 g/mol. The maximum atomic E-state index is 13.8. The lowest BCUT2D eigenvalue weighted by Crippen LogP contribution is -2.29. The van der Waals surface area contributed by atoms with Gasteiger partial charge in [-0.2, -0.15) is 10.1 Å². The van der Waals surface area contributed by atoms with Gasteiger partial charge in [0.1, 0.15) is 5.25 Å². The van der Waals surface area contributed by atoms with Gasteiger partial charge in [0.25, 0.3) is 5.91 Å². The lowest BCUT2D eigenvalue weighted by molar-refractivity contribution is -0.116. The molecule has 0 spiro atoms. The van der Waals surface area contributed by atoms with Crippen LogP contribution in [-0.4, -0.2) is 16.9 Å². The standard InChI is InChI=1S/C16H9F5N2OS/c1-7-14(16(24)23(22-7)8-5-3-2-4-6-8)25-15-12(20)10(18)9(17)11(19)13(15)21/h2-6,14H,1H3/t14-/m1/s1. The van der Waals surface area contributed by atoms with Crippen molar-refractivity contribution in [2.24, 2.45) is 5.10 Å². The van der Waals surface area contributed by atoms with Crippen LogP contribution in [0.15, 0.2) is 40.3 Å². The molecule has 0 fully saturated rings. The predicted octanol–water partition coefficient (Wildman–Crippen LogP) is 4.27. The van der Waals surface area contributed by atoms with Crippen molar-refractivity contribution in [2.75, 3.05) is 5.01 Å². The second-order valence-electron chi connectivity index (χ2n) is 5.12. The molecule has 130 valence electrons. The SMILES string of the molecule is CC1=NN(c2ccccc2)C(=O)[C@@H]1Sc1c(F)c(F)c(F)c(F)c1F. The monoisotopic (exact) mass is 372 g/mol. The van der Waals surface area contributed by atoms with E-state index in [1.165, 1.54) is 6.92 Å². The Labute approximate surface area is 143 Å². The van der Waals surface area contributed by atoms with Gasteiger partial charge in [0.05, 0.1) is 16.3 Å². The number of thioether (sulfide) groups is 1. The Hall–Kier alpha value is -2.42. The number of anilines is 1. The second-order valence-corrected chi connectivity index (χ2v) is 6.24. The van der Waals surface area contributed by atoms with E-state index in [2.05, 4.69) is 5.10 Å². The van der Waals surface area contributed by atoms with Crippen molar-refractivity contribution in [2.45, 2.75) is 17.1 Å². The van der Waals surface area contributed by atoms with Gasteiger partial charge in [0.2, 0.25) is 5.82 Å². The predicted molar refractivity (Wildman–Crippen MR) is 82.9 cm³/mol. The molecule has 1 heterocycles. The number of nitrogens with zero attached hydrogens (tertiary/aromatic N) is 2. The van der Waals surface area contributed by atoms with Crippen molar-refractivity contribution >= 4 is 29.1 Å². The zero-order valence-electron chi connectivity index (χ0n) is 12.6. The number of benzene rings is 2. The summed E-state index contributed by atoms with van der Waals surface area (Å²) < 4.78 is 67.4. The fourth-order valence-corrected chi connectivity index (χ4v) is 3.29. The lowest BCUT2D eigenvalue weighted by Gasteiger charge is -2.15. The summed E-state index contributed by atoms with van der Waals surface area (Å²) in [6, 6.07) is 8.25. The Kier molecular flexibility index (Phi) is 4.51. The largest absolute Gasteiger partial charge is 0.271 e. The first-order chi connectivity index (χ1) is 11.8. The zero-order chi connectivity index (χ0) is 18.3. The van der Waals surface area contributed by atoms with Gasteiger partial charge < -0.3 is 0 Å². The topological polar surface area (TPSA) is 32.7 Å². The van der Waals surface area contributed by atoms with Crippen LogP contribution in [0, 0.1) is 29.1 Å². The minimum absolute atomic E-state index is 0.183. The normalized spacial score (nSPS) is 17.2. The molecular weight excluding hydrogens is 363 g/mol. The Balaban J connectivity index is 1.95. The van der Waals surface area contributed by atoms with E-state index >= 15 is 0 Å². The number of hydrazone groups is 1. The summed E-state index contributed by atoms with van der Waals surface area (Å²) in [5, 5.41) is 3.84. The first-order valence-corrected chi connectivity index (χ1v) is 7.83. The number of para-hydroxylation sites is 1. The van der Waals surface area contributed by atoms with Gasteiger partial charge in [0.15, 0.2) is 23.3 Å². The van der Waals surface area contributed by atoms with Gasteiger partial charge in [-0.1, -0.05) is 18.2 Å². The summed E-state index contributed by atoms with van der Waals surface area (Å²) in [5.41, 5.74) is 0.607. The summed E-state index contributed by atoms with van der Waals surface area (Å²) in [6.45, 7) is 1.44. The van der Waals surface area contributed by atoms with E-state index in [9.17, 15) is 26.7 Å². The van der Waals surface area contributed by atoms with Crippen molar-refractivity contribution < 1.29 is 26.7 Å². The highest BCUT2D eigenvalue weighted by Gasteiger charge is 2.38. The van der Waals surface area contributed by atoms with Crippen LogP contribution in [0.1, 0.15) is 6.92 Å². The Morgan fingerprint density at radius 3 is 2.00 bits per heavy atom. The molecule has 1 atom stereocenters. The average Bonchev–Trinajstić information content (AvgIpc) is 2.90. The van der Waals surface area contributed by atoms with E-state index < -0.39 is 45.1 Å². The van der Waals surface area contributed by atoms with E-state index in [0.29, 0.717) is 5.69 Å². The summed E-state index contributed by atoms with van der Waals surface area (Å²) >= 11 is 0.237. The van der Waals surface area contributed by atoms with Gasteiger partial charge in [0, 0.05) is 0 Å². The summed E-state index contributed by atoms with van der Waals surface area (Å²) in [5.74, 6) is -10.9. The third kappa shape index (κ3) is 2.88. The molecule has 3 nitrogen and oxygen atoms in total. The Bertz CT molecular complexity index is 859. The van der Waals surface area contributed by atoms with Crippen LogP contribution < -0.4 is 5.01 Å². The molecule has 1 aliphatic rings. The maximum absolute atomic E-state index is 13.8. The van der Waals surface area contributed by atoms with Crippen molar-refractivity contribution in [1.29, 1.82) is 0 Å². The van der Waals surface area contributed by atoms with Crippen LogP contribution in [0.5, 0.6) is 0 Å². The van der Waals surface area contributed by atoms with E-state index in [1.54, 1.807) is 30.3 Å². The maximum Gasteiger partial charge on any atom is 0.266 e. The van der Waals surface area contributed by atoms with Crippen LogP contribution in [0.3, 0.4) is 0 Å². The molecule has 0 N–H and O–H groups in total. The van der Waals surface area contributed by atoms with Crippen molar-refractivity contribution in [3.05, 3.63) is 59.4 Å². The molecule has 25 heavy (non-hydrogen) atoms. The molecule has 2 aromatic rings. The molecule has 0 aliphatic carbocycles. The fourth-order valence-electron chi connectivity index (χ4n) is 2.25. The molecular formula is C16H9F5N2OS. The second kappa shape index (κ2) is 6.47. The summed E-state index contributed by atoms with van der Waals surface area (Å²) in [6.07, 6.45) is 0. The molecule has 0 radical (unpaired) electrons. The van der Waals surface area contributed by atoms with E-state index in [0.717, 1.165) is 5.01 Å². The number of carbonyl (C=O) groups excluding carboxylic acids is 1. The van der Waals surface area contributed by atoms with Crippen LogP contribution in [-0.2, 0) is 4.79 Å². The zero-order valence-corrected chi connectivity index (χ0v) is 13.4. The number of amides is 1. The number of carbonyl (C=O) groups is 1. The highest BCUT2D eigenvalue weighted by Crippen LogP contribution is 2.37. The highest BCUT2D eigenvalue weighted by molar-refractivity contribution is 8.01. The molecule has 2 aromatic carbocycles. The molecule has 0 saturated heterocycles. The van der Waals surface area contributed by atoms with Gasteiger partial charge in [-0.3, -0.25) is 4.79 Å². The molecule has 3 rings (SSSR count). The number of hydrogen-bond donors (Lipinski definition) is 0. The molecule has 0 unspecified atom stereocenters. The van der Waals surface area contributed by atoms with Gasteiger partial charge >= 0.3 is 0 Å². The fraction of sp³-hybridized carbons (Fsp3) is 0.125. The number of halogens is 5. The third-order valence-corrected chi connectivity index (χ3v) is 4.85. The minimum atomic E-state index is -2.24. The quantitative estimate of drug-likeness (QED) is 0.458. The Morgan fingerprint density at radius 2 is 1.44 bits per heavy atom. The van der Waals surface area contributed by atoms with Crippen molar-refractivity contribution in [3.63, 3.8) is 0 Å². The first-order valence-electron chi connectivity index (χ1n) is 6.95. The van der Waals surface area contributed by atoms with Crippen LogP contribution in [0.4, 0.5) is 27.6 Å².